The summed E-state index contributed by atoms with van der Waals surface area (Å²) < 4.78 is 0. The first-order valence-electron chi connectivity index (χ1n) is 14.2. The van der Waals surface area contributed by atoms with Crippen molar-refractivity contribution in [3.63, 3.8) is 0 Å². The molecule has 2 aromatic carbocycles. The number of carbonyl (C=O) groups is 1. The molecule has 215 valence electrons. The van der Waals surface area contributed by atoms with Crippen molar-refractivity contribution in [2.45, 2.75) is 93.4 Å². The molecule has 1 radical (unpaired) electrons. The Kier molecular flexibility index (Phi) is 9.39. The van der Waals surface area contributed by atoms with Gasteiger partial charge >= 0.3 is 0 Å². The molecule has 0 amide bonds. The molecule has 0 atom stereocenters. The van der Waals surface area contributed by atoms with Crippen molar-refractivity contribution in [2.24, 2.45) is 10.8 Å². The molecular weight excluding hydrogens is 671 g/mol. The minimum absolute atomic E-state index is 0. The molecule has 40 heavy (non-hydrogen) atoms. The van der Waals surface area contributed by atoms with Gasteiger partial charge in [-0.15, -0.1) is 28.8 Å². The molecule has 5 rings (SSSR count). The maximum absolute atomic E-state index is 11.5. The first-order valence-corrected chi connectivity index (χ1v) is 14.2. The largest absolute Gasteiger partial charge is 0.512 e. The van der Waals surface area contributed by atoms with Crippen LogP contribution < -0.4 is 0 Å². The van der Waals surface area contributed by atoms with Gasteiger partial charge in [-0.1, -0.05) is 97.7 Å². The van der Waals surface area contributed by atoms with E-state index in [1.165, 1.54) is 45.0 Å². The van der Waals surface area contributed by atoms with E-state index in [1.807, 2.05) is 47.7 Å². The van der Waals surface area contributed by atoms with Crippen LogP contribution in [0, 0.1) is 16.9 Å². The van der Waals surface area contributed by atoms with E-state index in [2.05, 4.69) is 68.2 Å². The molecule has 0 aliphatic heterocycles. The number of rotatable bonds is 2. The smallest absolute Gasteiger partial charge is 0.164 e. The van der Waals surface area contributed by atoms with Crippen LogP contribution >= 0.6 is 0 Å². The van der Waals surface area contributed by atoms with Crippen molar-refractivity contribution in [3.8, 4) is 22.4 Å². The zero-order valence-corrected chi connectivity index (χ0v) is 28.0. The molecule has 0 unspecified atom stereocenters. The topological polar surface area (TPSA) is 50.2 Å². The summed E-state index contributed by atoms with van der Waals surface area (Å²) >= 11 is 0. The summed E-state index contributed by atoms with van der Waals surface area (Å²) in [6.45, 7) is 17.9. The molecule has 1 N–H and O–H groups in total. The van der Waals surface area contributed by atoms with Gasteiger partial charge in [-0.2, -0.15) is 0 Å². The van der Waals surface area contributed by atoms with Crippen molar-refractivity contribution in [2.75, 3.05) is 0 Å². The van der Waals surface area contributed by atoms with Crippen LogP contribution in [0.2, 0.25) is 0 Å². The molecule has 1 heterocycles. The number of aromatic nitrogens is 1. The number of nitrogens with zero attached hydrogens (tertiary/aromatic N) is 1. The van der Waals surface area contributed by atoms with E-state index in [0.29, 0.717) is 0 Å². The summed E-state index contributed by atoms with van der Waals surface area (Å²) in [4.78, 5) is 16.2. The van der Waals surface area contributed by atoms with Crippen molar-refractivity contribution in [1.29, 1.82) is 0 Å². The van der Waals surface area contributed by atoms with Gasteiger partial charge in [-0.05, 0) is 59.5 Å². The molecule has 0 bridgehead atoms. The van der Waals surface area contributed by atoms with E-state index >= 15 is 0 Å². The van der Waals surface area contributed by atoms with Crippen molar-refractivity contribution < 1.29 is 30.0 Å². The Balaban J connectivity index is 0.000000272. The number of pyridine rings is 1. The van der Waals surface area contributed by atoms with Crippen LogP contribution in [0.15, 0.2) is 54.4 Å². The molecule has 0 fully saturated rings. The maximum atomic E-state index is 11.5. The van der Waals surface area contributed by atoms with E-state index in [9.17, 15) is 9.90 Å². The summed E-state index contributed by atoms with van der Waals surface area (Å²) in [5, 5.41) is 9.56. The minimum atomic E-state index is -0.417. The molecule has 0 spiro atoms. The normalized spacial score (nSPS) is 14.4. The van der Waals surface area contributed by atoms with Gasteiger partial charge in [-0.25, -0.2) is 0 Å². The molecule has 0 saturated heterocycles. The number of aliphatic hydroxyl groups is 1. The third-order valence-corrected chi connectivity index (χ3v) is 7.70. The number of aryl methyl sites for hydroxylation is 4. The van der Waals surface area contributed by atoms with Crippen LogP contribution in [-0.4, -0.2) is 15.9 Å². The predicted octanol–water partition coefficient (Wildman–Crippen LogP) is 8.80. The van der Waals surface area contributed by atoms with Crippen LogP contribution in [0.5, 0.6) is 0 Å². The zero-order chi connectivity index (χ0) is 28.8. The minimum Gasteiger partial charge on any atom is -0.512 e. The fourth-order valence-corrected chi connectivity index (χ4v) is 5.06. The summed E-state index contributed by atoms with van der Waals surface area (Å²) in [5.41, 5.74) is 11.8. The summed E-state index contributed by atoms with van der Waals surface area (Å²) in [6, 6.07) is 17.3. The standard InChI is InChI=1S/C25H24N.C11H20O2.Ir/c1-25(2,3)21-11-12-26-22(15-21)20-13-18-9-7-16-5-4-6-17-8-10-19(14-20)24(18)23(16)17;1-10(2,3)8(12)7-9(13)11(4,5)6;/h4-6,11-13,15H,7-10H2,1-3H3;7,12H,1-6H3;/q-1;;/b;8-7-;. The summed E-state index contributed by atoms with van der Waals surface area (Å²) in [5.74, 6) is 0.104. The van der Waals surface area contributed by atoms with Crippen molar-refractivity contribution >= 4 is 5.78 Å². The molecule has 0 saturated carbocycles. The summed E-state index contributed by atoms with van der Waals surface area (Å²) in [6.07, 6.45) is 7.77. The van der Waals surface area contributed by atoms with E-state index in [1.54, 1.807) is 0 Å². The van der Waals surface area contributed by atoms with Crippen LogP contribution in [-0.2, 0) is 56.0 Å². The number of hydrogen-bond donors (Lipinski definition) is 1. The Bertz CT molecular complexity index is 1380. The molecule has 3 nitrogen and oxygen atoms in total. The SMILES string of the molecule is CC(C)(C)C(=O)/C=C(\O)C(C)(C)C.CC(C)(C)c1ccnc(-c2[c-]c3c4c(c2)CCc2cccc(c2-4)CC3)c1.[Ir]. The van der Waals surface area contributed by atoms with Gasteiger partial charge in [0.05, 0.1) is 0 Å². The molecule has 4 heteroatoms. The van der Waals surface area contributed by atoms with Crippen molar-refractivity contribution in [1.82, 2.24) is 4.98 Å². The second-order valence-corrected chi connectivity index (χ2v) is 14.1. The van der Waals surface area contributed by atoms with Crippen LogP contribution in [0.25, 0.3) is 22.4 Å². The third-order valence-electron chi connectivity index (χ3n) is 7.70. The number of allylic oxidation sites excluding steroid dienone is 2. The first-order chi connectivity index (χ1) is 18.1. The van der Waals surface area contributed by atoms with E-state index in [0.717, 1.165) is 36.9 Å². The van der Waals surface area contributed by atoms with Gasteiger partial charge in [-0.3, -0.25) is 4.79 Å². The average Bonchev–Trinajstić information content (AvgIpc) is 2.86. The van der Waals surface area contributed by atoms with Crippen LogP contribution in [0.4, 0.5) is 0 Å². The van der Waals surface area contributed by atoms with Gasteiger partial charge in [0, 0.05) is 43.2 Å². The Morgan fingerprint density at radius 1 is 0.825 bits per heavy atom. The zero-order valence-electron chi connectivity index (χ0n) is 25.6. The number of hydrogen-bond acceptors (Lipinski definition) is 3. The number of benzene rings is 2. The fourth-order valence-electron chi connectivity index (χ4n) is 5.06. The molecular formula is C36H44IrNO2-. The molecule has 1 aromatic heterocycles. The predicted molar refractivity (Wildman–Crippen MR) is 162 cm³/mol. The Morgan fingerprint density at radius 2 is 1.43 bits per heavy atom. The van der Waals surface area contributed by atoms with Gasteiger partial charge < -0.3 is 10.1 Å². The molecule has 3 aromatic rings. The summed E-state index contributed by atoms with van der Waals surface area (Å²) in [7, 11) is 0. The fraction of sp³-hybridized carbons (Fsp3) is 0.444. The van der Waals surface area contributed by atoms with Crippen LogP contribution in [0.1, 0.15) is 90.1 Å². The third kappa shape index (κ3) is 7.01. The monoisotopic (exact) mass is 715 g/mol. The number of aliphatic hydroxyl groups excluding tert-OH is 1. The second kappa shape index (κ2) is 11.7. The van der Waals surface area contributed by atoms with Crippen molar-refractivity contribution in [3.05, 3.63) is 88.3 Å². The van der Waals surface area contributed by atoms with Gasteiger partial charge in [0.2, 0.25) is 0 Å². The maximum Gasteiger partial charge on any atom is 0.164 e. The average molecular weight is 715 g/mol. The number of carbonyl (C=O) groups excluding carboxylic acids is 1. The number of ketones is 1. The van der Waals surface area contributed by atoms with Crippen LogP contribution in [0.3, 0.4) is 0 Å². The molecule has 2 aliphatic rings. The quantitative estimate of drug-likeness (QED) is 0.164. The van der Waals surface area contributed by atoms with Gasteiger partial charge in [0.15, 0.2) is 5.78 Å². The second-order valence-electron chi connectivity index (χ2n) is 14.1. The van der Waals surface area contributed by atoms with Gasteiger partial charge in [0.25, 0.3) is 0 Å². The van der Waals surface area contributed by atoms with E-state index in [4.69, 9.17) is 0 Å². The Morgan fingerprint density at radius 3 is 2.00 bits per heavy atom. The molecule has 2 aliphatic carbocycles. The van der Waals surface area contributed by atoms with E-state index < -0.39 is 5.41 Å². The van der Waals surface area contributed by atoms with Gasteiger partial charge in [0.1, 0.15) is 5.76 Å². The first kappa shape index (κ1) is 32.0. The Labute approximate surface area is 254 Å². The Hall–Kier alpha value is -2.55. The van der Waals surface area contributed by atoms with E-state index in [-0.39, 0.29) is 42.5 Å².